The summed E-state index contributed by atoms with van der Waals surface area (Å²) in [7, 11) is -3.42. The van der Waals surface area contributed by atoms with E-state index in [1.807, 2.05) is 6.92 Å². The maximum Gasteiger partial charge on any atom is 0.244 e. The molecule has 18 heavy (non-hydrogen) atoms. The Balaban J connectivity index is 2.36. The predicted molar refractivity (Wildman–Crippen MR) is 72.1 cm³/mol. The van der Waals surface area contributed by atoms with Crippen LogP contribution in [0.3, 0.4) is 0 Å². The molecule has 6 heteroatoms. The zero-order chi connectivity index (χ0) is 13.3. The summed E-state index contributed by atoms with van der Waals surface area (Å²) in [5.74, 6) is 0. The number of rotatable bonds is 3. The molecule has 0 saturated carbocycles. The summed E-state index contributed by atoms with van der Waals surface area (Å²) in [6.07, 6.45) is 2.84. The van der Waals surface area contributed by atoms with E-state index in [1.165, 1.54) is 15.6 Å². The number of aliphatic hydroxyl groups is 1. The zero-order valence-corrected chi connectivity index (χ0v) is 12.1. The molecule has 0 aromatic carbocycles. The fourth-order valence-electron chi connectivity index (χ4n) is 2.08. The summed E-state index contributed by atoms with van der Waals surface area (Å²) in [6.45, 7) is 4.61. The topological polar surface area (TPSA) is 57.6 Å². The van der Waals surface area contributed by atoms with E-state index in [2.05, 4.69) is 6.08 Å². The molecule has 1 aliphatic rings. The van der Waals surface area contributed by atoms with E-state index in [9.17, 15) is 8.42 Å². The largest absolute Gasteiger partial charge is 0.391 e. The van der Waals surface area contributed by atoms with Crippen LogP contribution in [-0.4, -0.2) is 30.9 Å². The van der Waals surface area contributed by atoms with Crippen molar-refractivity contribution in [2.24, 2.45) is 0 Å². The Labute approximate surface area is 112 Å². The summed E-state index contributed by atoms with van der Waals surface area (Å²) in [6, 6.07) is 1.59. The van der Waals surface area contributed by atoms with E-state index >= 15 is 0 Å². The first-order valence-corrected chi connectivity index (χ1v) is 8.06. The number of hydrogen-bond acceptors (Lipinski definition) is 4. The summed E-state index contributed by atoms with van der Waals surface area (Å²) in [4.78, 5) is 1.77. The lowest BCUT2D eigenvalue weighted by Crippen LogP contribution is -2.35. The standard InChI is InChI=1S/C12H17NO3S2/c1-9-4-3-5-13(7-9)18(15,16)12-6-11(8-14)17-10(12)2/h4,6,14H,3,5,7-8H2,1-2H3. The van der Waals surface area contributed by atoms with Crippen LogP contribution >= 0.6 is 11.3 Å². The van der Waals surface area contributed by atoms with Crippen molar-refractivity contribution in [1.29, 1.82) is 0 Å². The minimum absolute atomic E-state index is 0.111. The molecular formula is C12H17NO3S2. The minimum atomic E-state index is -3.42. The van der Waals surface area contributed by atoms with Gasteiger partial charge in [-0.3, -0.25) is 0 Å². The number of thiophene rings is 1. The molecule has 100 valence electrons. The van der Waals surface area contributed by atoms with Gasteiger partial charge in [-0.15, -0.1) is 11.3 Å². The highest BCUT2D eigenvalue weighted by Crippen LogP contribution is 2.29. The van der Waals surface area contributed by atoms with Crippen LogP contribution in [-0.2, 0) is 16.6 Å². The third kappa shape index (κ3) is 2.51. The van der Waals surface area contributed by atoms with E-state index in [1.54, 1.807) is 13.0 Å². The van der Waals surface area contributed by atoms with Crippen molar-refractivity contribution in [1.82, 2.24) is 4.31 Å². The van der Waals surface area contributed by atoms with Gasteiger partial charge in [0.05, 0.1) is 11.5 Å². The Morgan fingerprint density at radius 2 is 2.17 bits per heavy atom. The lowest BCUT2D eigenvalue weighted by atomic mass is 10.2. The molecule has 4 nitrogen and oxygen atoms in total. The Hall–Kier alpha value is -0.690. The summed E-state index contributed by atoms with van der Waals surface area (Å²) < 4.78 is 26.5. The first kappa shape index (κ1) is 13.7. The van der Waals surface area contributed by atoms with E-state index in [4.69, 9.17) is 5.11 Å². The smallest absolute Gasteiger partial charge is 0.244 e. The van der Waals surface area contributed by atoms with E-state index < -0.39 is 10.0 Å². The second kappa shape index (κ2) is 5.13. The van der Waals surface area contributed by atoms with Crippen molar-refractivity contribution in [3.63, 3.8) is 0 Å². The fraction of sp³-hybridized carbons (Fsp3) is 0.500. The molecule has 0 amide bonds. The molecule has 0 fully saturated rings. The first-order valence-electron chi connectivity index (χ1n) is 5.81. The van der Waals surface area contributed by atoms with Crippen molar-refractivity contribution < 1.29 is 13.5 Å². The second-order valence-electron chi connectivity index (χ2n) is 4.47. The molecule has 0 atom stereocenters. The van der Waals surface area contributed by atoms with Crippen molar-refractivity contribution in [3.05, 3.63) is 27.5 Å². The van der Waals surface area contributed by atoms with Crippen LogP contribution < -0.4 is 0 Å². The summed E-state index contributed by atoms with van der Waals surface area (Å²) >= 11 is 1.34. The van der Waals surface area contributed by atoms with E-state index in [0.29, 0.717) is 22.9 Å². The number of nitrogens with zero attached hydrogens (tertiary/aromatic N) is 1. The molecule has 0 radical (unpaired) electrons. The third-order valence-corrected chi connectivity index (χ3v) is 6.13. The van der Waals surface area contributed by atoms with Gasteiger partial charge in [-0.25, -0.2) is 8.42 Å². The van der Waals surface area contributed by atoms with Crippen molar-refractivity contribution in [2.45, 2.75) is 31.8 Å². The molecule has 1 aromatic rings. The van der Waals surface area contributed by atoms with Crippen molar-refractivity contribution in [3.8, 4) is 0 Å². The Kier molecular flexibility index (Phi) is 3.91. The fourth-order valence-corrected chi connectivity index (χ4v) is 5.04. The normalized spacial score (nSPS) is 17.8. The Bertz CT molecular complexity index is 572. The SMILES string of the molecule is CC1=CCCN(S(=O)(=O)c2cc(CO)sc2C)C1. The van der Waals surface area contributed by atoms with Crippen LogP contribution in [0.5, 0.6) is 0 Å². The molecule has 0 aliphatic carbocycles. The Morgan fingerprint density at radius 3 is 2.72 bits per heavy atom. The lowest BCUT2D eigenvalue weighted by Gasteiger charge is -2.25. The van der Waals surface area contributed by atoms with Gasteiger partial charge in [0, 0.05) is 22.8 Å². The van der Waals surface area contributed by atoms with Crippen molar-refractivity contribution >= 4 is 21.4 Å². The molecular weight excluding hydrogens is 270 g/mol. The number of aliphatic hydroxyl groups excluding tert-OH is 1. The van der Waals surface area contributed by atoms with Gasteiger partial charge < -0.3 is 5.11 Å². The molecule has 1 aromatic heterocycles. The van der Waals surface area contributed by atoms with E-state index in [-0.39, 0.29) is 6.61 Å². The first-order chi connectivity index (χ1) is 8.45. The quantitative estimate of drug-likeness (QED) is 0.864. The zero-order valence-electron chi connectivity index (χ0n) is 10.5. The predicted octanol–water partition coefficient (Wildman–Crippen LogP) is 1.89. The number of aryl methyl sites for hydroxylation is 1. The Morgan fingerprint density at radius 1 is 1.44 bits per heavy atom. The summed E-state index contributed by atoms with van der Waals surface area (Å²) in [5.41, 5.74) is 1.08. The van der Waals surface area contributed by atoms with Gasteiger partial charge in [0.25, 0.3) is 0 Å². The number of hydrogen-bond donors (Lipinski definition) is 1. The maximum atomic E-state index is 12.5. The van der Waals surface area contributed by atoms with Gasteiger partial charge in [-0.1, -0.05) is 11.6 Å². The molecule has 0 unspecified atom stereocenters. The van der Waals surface area contributed by atoms with Gasteiger partial charge in [0.2, 0.25) is 10.0 Å². The van der Waals surface area contributed by atoms with Gasteiger partial charge in [0.1, 0.15) is 0 Å². The van der Waals surface area contributed by atoms with Crippen LogP contribution in [0.2, 0.25) is 0 Å². The molecule has 0 saturated heterocycles. The van der Waals surface area contributed by atoms with Crippen LogP contribution in [0.15, 0.2) is 22.6 Å². The average Bonchev–Trinajstić information content (AvgIpc) is 2.71. The van der Waals surface area contributed by atoms with E-state index in [0.717, 1.165) is 16.9 Å². The molecule has 0 spiro atoms. The van der Waals surface area contributed by atoms with Crippen LogP contribution in [0.4, 0.5) is 0 Å². The second-order valence-corrected chi connectivity index (χ2v) is 7.72. The van der Waals surface area contributed by atoms with Crippen LogP contribution in [0.1, 0.15) is 23.1 Å². The minimum Gasteiger partial charge on any atom is -0.391 e. The van der Waals surface area contributed by atoms with Gasteiger partial charge in [-0.2, -0.15) is 4.31 Å². The molecule has 2 rings (SSSR count). The molecule has 2 heterocycles. The van der Waals surface area contributed by atoms with Crippen LogP contribution in [0, 0.1) is 6.92 Å². The molecule has 1 N–H and O–H groups in total. The van der Waals surface area contributed by atoms with Gasteiger partial charge in [-0.05, 0) is 26.3 Å². The number of sulfonamides is 1. The average molecular weight is 287 g/mol. The van der Waals surface area contributed by atoms with Gasteiger partial charge >= 0.3 is 0 Å². The van der Waals surface area contributed by atoms with Gasteiger partial charge in [0.15, 0.2) is 0 Å². The highest BCUT2D eigenvalue weighted by atomic mass is 32.2. The monoisotopic (exact) mass is 287 g/mol. The van der Waals surface area contributed by atoms with Crippen molar-refractivity contribution in [2.75, 3.05) is 13.1 Å². The summed E-state index contributed by atoms with van der Waals surface area (Å²) in [5, 5.41) is 9.09. The molecule has 1 aliphatic heterocycles. The third-order valence-electron chi connectivity index (χ3n) is 2.99. The lowest BCUT2D eigenvalue weighted by molar-refractivity contribution is 0.285. The highest BCUT2D eigenvalue weighted by molar-refractivity contribution is 7.89. The maximum absolute atomic E-state index is 12.5. The highest BCUT2D eigenvalue weighted by Gasteiger charge is 2.28. The molecule has 0 bridgehead atoms. The van der Waals surface area contributed by atoms with Crippen LogP contribution in [0.25, 0.3) is 0 Å².